The highest BCUT2D eigenvalue weighted by atomic mass is 35.5. The van der Waals surface area contributed by atoms with Crippen molar-refractivity contribution in [3.05, 3.63) is 27.2 Å². The first kappa shape index (κ1) is 28.8. The summed E-state index contributed by atoms with van der Waals surface area (Å²) in [5.74, 6) is -1.22. The van der Waals surface area contributed by atoms with Crippen LogP contribution in [0.1, 0.15) is 56.7 Å². The lowest BCUT2D eigenvalue weighted by Gasteiger charge is -2.37. The average Bonchev–Trinajstić information content (AvgIpc) is 3.48. The summed E-state index contributed by atoms with van der Waals surface area (Å²) < 4.78 is 10.8. The van der Waals surface area contributed by atoms with E-state index in [2.05, 4.69) is 25.6 Å². The number of carbonyl (C=O) groups is 3. The van der Waals surface area contributed by atoms with Gasteiger partial charge in [-0.1, -0.05) is 29.9 Å². The highest BCUT2D eigenvalue weighted by molar-refractivity contribution is 7.17. The van der Waals surface area contributed by atoms with E-state index in [4.69, 9.17) is 21.1 Å². The first-order valence-corrected chi connectivity index (χ1v) is 13.3. The molecule has 2 aromatic rings. The Balaban J connectivity index is 1.73. The highest BCUT2D eigenvalue weighted by Crippen LogP contribution is 2.30. The van der Waals surface area contributed by atoms with Gasteiger partial charge >= 0.3 is 5.97 Å². The van der Waals surface area contributed by atoms with Crippen molar-refractivity contribution in [2.75, 3.05) is 58.9 Å². The maximum atomic E-state index is 12.8. The van der Waals surface area contributed by atoms with E-state index < -0.39 is 11.9 Å². The van der Waals surface area contributed by atoms with Crippen molar-refractivity contribution in [1.82, 2.24) is 30.5 Å². The van der Waals surface area contributed by atoms with Gasteiger partial charge in [-0.05, 0) is 33.9 Å². The number of esters is 1. The number of aromatic amines is 1. The molecule has 2 aromatic heterocycles. The first-order chi connectivity index (χ1) is 17.7. The van der Waals surface area contributed by atoms with Crippen LogP contribution in [0.25, 0.3) is 0 Å². The molecule has 2 atom stereocenters. The minimum Gasteiger partial charge on any atom is -0.462 e. The van der Waals surface area contributed by atoms with Crippen molar-refractivity contribution in [1.29, 1.82) is 0 Å². The van der Waals surface area contributed by atoms with Crippen molar-refractivity contribution in [3.8, 4) is 0 Å². The lowest BCUT2D eigenvalue weighted by molar-refractivity contribution is 0.0527. The number of H-pyrrole nitrogens is 1. The van der Waals surface area contributed by atoms with Gasteiger partial charge in [0.1, 0.15) is 4.88 Å². The van der Waals surface area contributed by atoms with E-state index in [1.165, 1.54) is 0 Å². The Morgan fingerprint density at radius 2 is 2.00 bits per heavy atom. The Morgan fingerprint density at radius 1 is 1.24 bits per heavy atom. The van der Waals surface area contributed by atoms with Crippen LogP contribution in [0.5, 0.6) is 0 Å². The second-order valence-electron chi connectivity index (χ2n) is 8.75. The smallest absolute Gasteiger partial charge is 0.350 e. The molecule has 3 heterocycles. The highest BCUT2D eigenvalue weighted by Gasteiger charge is 2.34. The normalized spacial score (nSPS) is 17.6. The molecule has 3 N–H and O–H groups in total. The molecule has 0 radical (unpaired) electrons. The number of ether oxygens (including phenoxy) is 2. The number of hydrogen-bond donors (Lipinski definition) is 3. The molecular formula is C23H34ClN7O5S. The number of likely N-dealkylation sites (N-methyl/N-ethyl adjacent to an activating group) is 1. The zero-order valence-corrected chi connectivity index (χ0v) is 23.3. The SMILES string of the molecule is CCOC(=O)c1sc(N2CC[C@H](NC(=O)c3nc(Cl)c(CC)[nH]3)[C@H](OC)C2)nc1C(=O)NCCN(C)C. The molecule has 0 unspecified atom stereocenters. The van der Waals surface area contributed by atoms with E-state index >= 15 is 0 Å². The molecule has 0 aliphatic carbocycles. The van der Waals surface area contributed by atoms with Crippen molar-refractivity contribution in [3.63, 3.8) is 0 Å². The molecule has 3 rings (SSSR count). The van der Waals surface area contributed by atoms with Crippen LogP contribution >= 0.6 is 22.9 Å². The monoisotopic (exact) mass is 555 g/mol. The number of imidazole rings is 1. The number of piperidine rings is 1. The second-order valence-corrected chi connectivity index (χ2v) is 10.1. The van der Waals surface area contributed by atoms with E-state index in [0.29, 0.717) is 49.8 Å². The Hall–Kier alpha value is -2.74. The van der Waals surface area contributed by atoms with Gasteiger partial charge in [0, 0.05) is 33.3 Å². The first-order valence-electron chi connectivity index (χ1n) is 12.1. The summed E-state index contributed by atoms with van der Waals surface area (Å²) in [6, 6.07) is -0.277. The van der Waals surface area contributed by atoms with Crippen LogP contribution in [-0.4, -0.2) is 104 Å². The Morgan fingerprint density at radius 3 is 2.62 bits per heavy atom. The number of rotatable bonds is 11. The molecule has 1 aliphatic heterocycles. The molecule has 14 heteroatoms. The van der Waals surface area contributed by atoms with Gasteiger partial charge in [0.15, 0.2) is 21.8 Å². The fourth-order valence-corrected chi connectivity index (χ4v) is 5.13. The van der Waals surface area contributed by atoms with Gasteiger partial charge in [-0.25, -0.2) is 14.8 Å². The lowest BCUT2D eigenvalue weighted by Crippen LogP contribution is -2.55. The van der Waals surface area contributed by atoms with Crippen molar-refractivity contribution < 1.29 is 23.9 Å². The average molecular weight is 556 g/mol. The van der Waals surface area contributed by atoms with Crippen LogP contribution in [0.4, 0.5) is 5.13 Å². The molecule has 0 bridgehead atoms. The van der Waals surface area contributed by atoms with Crippen LogP contribution < -0.4 is 15.5 Å². The zero-order chi connectivity index (χ0) is 27.1. The topological polar surface area (TPSA) is 142 Å². The standard InChI is InChI=1S/C23H34ClN7O5S/c1-6-13-18(24)29-19(26-13)21(33)27-14-8-10-31(12-15(14)35-5)23-28-16(17(37-23)22(34)36-7-2)20(32)25-9-11-30(3)4/h14-15H,6-12H2,1-5H3,(H,25,32)(H,26,29)(H,27,33)/t14-,15+/m0/s1. The summed E-state index contributed by atoms with van der Waals surface area (Å²) in [6.45, 7) is 5.81. The van der Waals surface area contributed by atoms with Crippen LogP contribution in [0.15, 0.2) is 0 Å². The molecule has 12 nitrogen and oxygen atoms in total. The number of halogens is 1. The van der Waals surface area contributed by atoms with Crippen molar-refractivity contribution in [2.45, 2.75) is 38.8 Å². The van der Waals surface area contributed by atoms with Gasteiger partial charge in [-0.2, -0.15) is 0 Å². The summed E-state index contributed by atoms with van der Waals surface area (Å²) in [5, 5.41) is 6.58. The predicted octanol–water partition coefficient (Wildman–Crippen LogP) is 1.57. The van der Waals surface area contributed by atoms with Crippen LogP contribution in [-0.2, 0) is 15.9 Å². The molecule has 0 aromatic carbocycles. The Labute approximate surface area is 225 Å². The molecule has 37 heavy (non-hydrogen) atoms. The fraction of sp³-hybridized carbons (Fsp3) is 0.609. The summed E-state index contributed by atoms with van der Waals surface area (Å²) in [6.07, 6.45) is 0.828. The number of aryl methyl sites for hydroxylation is 1. The molecule has 1 aliphatic rings. The Kier molecular flexibility index (Phi) is 10.3. The quantitative estimate of drug-likeness (QED) is 0.352. The van der Waals surface area contributed by atoms with Crippen molar-refractivity contribution >= 4 is 45.9 Å². The van der Waals surface area contributed by atoms with Crippen LogP contribution in [0.3, 0.4) is 0 Å². The van der Waals surface area contributed by atoms with E-state index in [1.807, 2.05) is 30.8 Å². The van der Waals surface area contributed by atoms with Gasteiger partial charge in [0.25, 0.3) is 11.8 Å². The van der Waals surface area contributed by atoms with Crippen LogP contribution in [0, 0.1) is 0 Å². The van der Waals surface area contributed by atoms with Gasteiger partial charge in [0.05, 0.1) is 24.4 Å². The van der Waals surface area contributed by atoms with Gasteiger partial charge in [-0.3, -0.25) is 9.59 Å². The minimum atomic E-state index is -0.585. The fourth-order valence-electron chi connectivity index (χ4n) is 3.87. The van der Waals surface area contributed by atoms with E-state index in [9.17, 15) is 14.4 Å². The number of thiazole rings is 1. The number of anilines is 1. The summed E-state index contributed by atoms with van der Waals surface area (Å²) in [7, 11) is 5.38. The van der Waals surface area contributed by atoms with Gasteiger partial charge < -0.3 is 34.9 Å². The third-order valence-electron chi connectivity index (χ3n) is 5.88. The molecule has 0 spiro atoms. The Bertz CT molecular complexity index is 1110. The third kappa shape index (κ3) is 7.18. The zero-order valence-electron chi connectivity index (χ0n) is 21.7. The van der Waals surface area contributed by atoms with E-state index in [-0.39, 0.29) is 46.2 Å². The summed E-state index contributed by atoms with van der Waals surface area (Å²) >= 11 is 7.18. The van der Waals surface area contributed by atoms with Crippen LogP contribution in [0.2, 0.25) is 5.15 Å². The predicted molar refractivity (Wildman–Crippen MR) is 141 cm³/mol. The number of nitrogens with zero attached hydrogens (tertiary/aromatic N) is 4. The van der Waals surface area contributed by atoms with Crippen molar-refractivity contribution in [2.24, 2.45) is 0 Å². The minimum absolute atomic E-state index is 0.0445. The largest absolute Gasteiger partial charge is 0.462 e. The molecular weight excluding hydrogens is 522 g/mol. The summed E-state index contributed by atoms with van der Waals surface area (Å²) in [4.78, 5) is 53.8. The molecule has 1 saturated heterocycles. The molecule has 204 valence electrons. The molecule has 2 amide bonds. The number of methoxy groups -OCH3 is 1. The van der Waals surface area contributed by atoms with Gasteiger partial charge in [-0.15, -0.1) is 0 Å². The third-order valence-corrected chi connectivity index (χ3v) is 7.29. The maximum Gasteiger partial charge on any atom is 0.350 e. The number of hydrogen-bond acceptors (Lipinski definition) is 10. The van der Waals surface area contributed by atoms with E-state index in [1.54, 1.807) is 14.0 Å². The number of carbonyl (C=O) groups excluding carboxylic acids is 3. The van der Waals surface area contributed by atoms with E-state index in [0.717, 1.165) is 11.3 Å². The number of aromatic nitrogens is 3. The molecule has 0 saturated carbocycles. The second kappa shape index (κ2) is 13.2. The molecule has 1 fully saturated rings. The lowest BCUT2D eigenvalue weighted by atomic mass is 10.0. The maximum absolute atomic E-state index is 12.8. The number of amides is 2. The van der Waals surface area contributed by atoms with Gasteiger partial charge in [0.2, 0.25) is 0 Å². The summed E-state index contributed by atoms with van der Waals surface area (Å²) in [5.41, 5.74) is 0.746. The number of nitrogens with one attached hydrogen (secondary N) is 3.